The van der Waals surface area contributed by atoms with E-state index in [1.807, 2.05) is 0 Å². The number of methoxy groups -OCH3 is 1. The maximum Gasteiger partial charge on any atom is 0.416 e. The van der Waals surface area contributed by atoms with Gasteiger partial charge in [0.2, 0.25) is 15.9 Å². The number of amides is 1. The van der Waals surface area contributed by atoms with Crippen molar-refractivity contribution in [3.63, 3.8) is 0 Å². The van der Waals surface area contributed by atoms with Gasteiger partial charge >= 0.3 is 6.18 Å². The van der Waals surface area contributed by atoms with Crippen LogP contribution in [0.25, 0.3) is 0 Å². The maximum atomic E-state index is 13.1. The molecule has 6 nitrogen and oxygen atoms in total. The van der Waals surface area contributed by atoms with Crippen LogP contribution in [0.2, 0.25) is 5.02 Å². The van der Waals surface area contributed by atoms with Crippen molar-refractivity contribution in [2.45, 2.75) is 23.5 Å². The molecule has 0 spiro atoms. The van der Waals surface area contributed by atoms with Gasteiger partial charge in [-0.3, -0.25) is 4.79 Å². The second-order valence-electron chi connectivity index (χ2n) is 7.22. The number of nitrogens with one attached hydrogen (secondary N) is 2. The molecular weight excluding hydrogens is 493 g/mol. The Morgan fingerprint density at radius 2 is 1.68 bits per heavy atom. The van der Waals surface area contributed by atoms with Crippen LogP contribution in [-0.4, -0.2) is 27.5 Å². The second kappa shape index (κ2) is 10.5. The van der Waals surface area contributed by atoms with Gasteiger partial charge in [-0.1, -0.05) is 41.9 Å². The van der Waals surface area contributed by atoms with E-state index in [9.17, 15) is 26.4 Å². The van der Waals surface area contributed by atoms with Gasteiger partial charge in [0, 0.05) is 10.7 Å². The van der Waals surface area contributed by atoms with Crippen molar-refractivity contribution in [3.8, 4) is 5.75 Å². The molecule has 0 fully saturated rings. The number of hydrogen-bond donors (Lipinski definition) is 2. The van der Waals surface area contributed by atoms with E-state index in [4.69, 9.17) is 16.3 Å². The highest BCUT2D eigenvalue weighted by atomic mass is 35.5. The lowest BCUT2D eigenvalue weighted by Crippen LogP contribution is -2.45. The van der Waals surface area contributed by atoms with Crippen molar-refractivity contribution >= 4 is 33.2 Å². The van der Waals surface area contributed by atoms with Crippen molar-refractivity contribution in [2.75, 3.05) is 12.4 Å². The average molecular weight is 513 g/mol. The van der Waals surface area contributed by atoms with E-state index < -0.39 is 33.7 Å². The van der Waals surface area contributed by atoms with E-state index in [1.54, 1.807) is 30.3 Å². The first-order valence-corrected chi connectivity index (χ1v) is 11.7. The molecule has 0 aliphatic rings. The fourth-order valence-electron chi connectivity index (χ4n) is 3.12. The molecule has 0 aliphatic heterocycles. The summed E-state index contributed by atoms with van der Waals surface area (Å²) in [5, 5.41) is 2.61. The third-order valence-corrected chi connectivity index (χ3v) is 6.52. The summed E-state index contributed by atoms with van der Waals surface area (Å²) in [5.41, 5.74) is -0.133. The van der Waals surface area contributed by atoms with Gasteiger partial charge in [-0.05, 0) is 54.4 Å². The summed E-state index contributed by atoms with van der Waals surface area (Å²) in [5.74, 6) is -0.730. The van der Waals surface area contributed by atoms with Gasteiger partial charge in [0.25, 0.3) is 0 Å². The van der Waals surface area contributed by atoms with Crippen LogP contribution in [0.4, 0.5) is 18.9 Å². The highest BCUT2D eigenvalue weighted by Gasteiger charge is 2.31. The Labute approximate surface area is 199 Å². The second-order valence-corrected chi connectivity index (χ2v) is 9.34. The molecule has 2 N–H and O–H groups in total. The summed E-state index contributed by atoms with van der Waals surface area (Å²) in [4.78, 5) is 12.8. The third-order valence-electron chi connectivity index (χ3n) is 4.79. The molecule has 3 aromatic carbocycles. The van der Waals surface area contributed by atoms with E-state index in [-0.39, 0.29) is 27.8 Å². The van der Waals surface area contributed by atoms with Crippen LogP contribution in [0.5, 0.6) is 5.75 Å². The molecule has 0 unspecified atom stereocenters. The van der Waals surface area contributed by atoms with E-state index in [2.05, 4.69) is 10.0 Å². The lowest BCUT2D eigenvalue weighted by molar-refractivity contribution is -0.137. The first kappa shape index (κ1) is 25.5. The van der Waals surface area contributed by atoms with Crippen LogP contribution in [0, 0.1) is 0 Å². The maximum absolute atomic E-state index is 13.1. The molecule has 3 rings (SSSR count). The normalized spacial score (nSPS) is 12.7. The number of hydrogen-bond acceptors (Lipinski definition) is 4. The van der Waals surface area contributed by atoms with Crippen LogP contribution >= 0.6 is 11.6 Å². The van der Waals surface area contributed by atoms with Crippen LogP contribution in [0.3, 0.4) is 0 Å². The molecule has 0 aromatic heterocycles. The molecule has 11 heteroatoms. The number of ether oxygens (including phenoxy) is 1. The molecule has 0 bridgehead atoms. The minimum absolute atomic E-state index is 0.0184. The first-order valence-electron chi connectivity index (χ1n) is 9.87. The van der Waals surface area contributed by atoms with Crippen LogP contribution in [0.15, 0.2) is 77.7 Å². The smallest absolute Gasteiger partial charge is 0.416 e. The quantitative estimate of drug-likeness (QED) is 0.450. The number of halogens is 4. The highest BCUT2D eigenvalue weighted by molar-refractivity contribution is 7.89. The lowest BCUT2D eigenvalue weighted by atomic mass is 10.1. The Morgan fingerprint density at radius 3 is 2.26 bits per heavy atom. The first-order chi connectivity index (χ1) is 16.0. The van der Waals surface area contributed by atoms with Gasteiger partial charge in [0.1, 0.15) is 16.7 Å². The number of alkyl halides is 3. The molecule has 0 aliphatic carbocycles. The fraction of sp³-hybridized carbons (Fsp3) is 0.174. The average Bonchev–Trinajstić information content (AvgIpc) is 2.79. The fourth-order valence-corrected chi connectivity index (χ4v) is 4.75. The SMILES string of the molecule is COc1ccc(Cl)cc1S(=O)(=O)N[C@@H](Cc1ccccc1)C(=O)Nc1ccc(C(F)(F)F)cc1. The monoisotopic (exact) mass is 512 g/mol. The predicted octanol–water partition coefficient (Wildman–Crippen LogP) is 4.90. The largest absolute Gasteiger partial charge is 0.495 e. The molecule has 1 amide bonds. The predicted molar refractivity (Wildman–Crippen MR) is 122 cm³/mol. The van der Waals surface area contributed by atoms with Crippen LogP contribution < -0.4 is 14.8 Å². The van der Waals surface area contributed by atoms with E-state index in [0.717, 1.165) is 24.3 Å². The number of sulfonamides is 1. The van der Waals surface area contributed by atoms with E-state index >= 15 is 0 Å². The number of carbonyl (C=O) groups is 1. The Morgan fingerprint density at radius 1 is 1.03 bits per heavy atom. The van der Waals surface area contributed by atoms with Gasteiger partial charge in [-0.2, -0.15) is 17.9 Å². The third kappa shape index (κ3) is 6.49. The Balaban J connectivity index is 1.89. The molecule has 34 heavy (non-hydrogen) atoms. The highest BCUT2D eigenvalue weighted by Crippen LogP contribution is 2.30. The number of rotatable bonds is 8. The lowest BCUT2D eigenvalue weighted by Gasteiger charge is -2.20. The Bertz CT molecular complexity index is 1250. The van der Waals surface area contributed by atoms with Crippen molar-refractivity contribution in [2.24, 2.45) is 0 Å². The molecule has 3 aromatic rings. The zero-order valence-electron chi connectivity index (χ0n) is 17.8. The van der Waals surface area contributed by atoms with Crippen LogP contribution in [-0.2, 0) is 27.4 Å². The van der Waals surface area contributed by atoms with Crippen molar-refractivity contribution in [1.82, 2.24) is 4.72 Å². The van der Waals surface area contributed by atoms with Gasteiger partial charge in [-0.25, -0.2) is 8.42 Å². The van der Waals surface area contributed by atoms with Crippen molar-refractivity contribution in [3.05, 3.63) is 88.9 Å². The molecule has 0 saturated carbocycles. The summed E-state index contributed by atoms with van der Waals surface area (Å²) in [7, 11) is -2.98. The van der Waals surface area contributed by atoms with Crippen molar-refractivity contribution in [1.29, 1.82) is 0 Å². The van der Waals surface area contributed by atoms with Crippen molar-refractivity contribution < 1.29 is 31.1 Å². The number of benzene rings is 3. The molecule has 0 heterocycles. The molecule has 1 atom stereocenters. The standard InChI is InChI=1S/C23H20ClF3N2O4S/c1-33-20-12-9-17(24)14-21(20)34(31,32)29-19(13-15-5-3-2-4-6-15)22(30)28-18-10-7-16(8-11-18)23(25,26)27/h2-12,14,19,29H,13H2,1H3,(H,28,30)/t19-/m0/s1. The minimum atomic E-state index is -4.52. The molecule has 0 saturated heterocycles. The van der Waals surface area contributed by atoms with E-state index in [1.165, 1.54) is 25.3 Å². The topological polar surface area (TPSA) is 84.5 Å². The van der Waals surface area contributed by atoms with E-state index in [0.29, 0.717) is 5.56 Å². The van der Waals surface area contributed by atoms with Gasteiger partial charge in [0.15, 0.2) is 0 Å². The number of carbonyl (C=O) groups excluding carboxylic acids is 1. The molecule has 0 radical (unpaired) electrons. The molecular formula is C23H20ClF3N2O4S. The Hall–Kier alpha value is -3.08. The van der Waals surface area contributed by atoms with Gasteiger partial charge < -0.3 is 10.1 Å². The summed E-state index contributed by atoms with van der Waals surface area (Å²) >= 11 is 5.95. The number of anilines is 1. The zero-order chi connectivity index (χ0) is 24.9. The summed E-state index contributed by atoms with van der Waals surface area (Å²) in [6, 6.07) is 15.2. The minimum Gasteiger partial charge on any atom is -0.495 e. The summed E-state index contributed by atoms with van der Waals surface area (Å²) < 4.78 is 72.1. The van der Waals surface area contributed by atoms with Gasteiger partial charge in [-0.15, -0.1) is 0 Å². The van der Waals surface area contributed by atoms with Gasteiger partial charge in [0.05, 0.1) is 12.7 Å². The summed E-state index contributed by atoms with van der Waals surface area (Å²) in [6.07, 6.45) is -4.54. The van der Waals surface area contributed by atoms with Crippen LogP contribution in [0.1, 0.15) is 11.1 Å². The summed E-state index contributed by atoms with van der Waals surface area (Å²) in [6.45, 7) is 0. The zero-order valence-corrected chi connectivity index (χ0v) is 19.3. The molecule has 180 valence electrons. The Kier molecular flexibility index (Phi) is 7.86.